The van der Waals surface area contributed by atoms with E-state index in [0.717, 1.165) is 12.8 Å². The Hall–Kier alpha value is -1.50. The molecule has 1 nitrogen and oxygen atoms in total. The normalized spacial score (nSPS) is 19.1. The second-order valence-corrected chi connectivity index (χ2v) is 5.18. The molecule has 0 spiro atoms. The third kappa shape index (κ3) is 3.09. The minimum Gasteiger partial charge on any atom is -0.341 e. The lowest BCUT2D eigenvalue weighted by atomic mass is 9.92. The molecular weight excluding hydrogens is 230 g/mol. The number of hydrogen-bond donors (Lipinski definition) is 0. The minimum atomic E-state index is 0.535. The standard InChI is InChI=1S/C18H25N/c1-4-10-18-16(6-3)13-15(5-2)14-19(18)17-11-8-7-9-12-17/h7-9,11-14,18H,4-6,10H2,1-3H3/t18-/m1/s1. The molecule has 1 atom stereocenters. The fourth-order valence-electron chi connectivity index (χ4n) is 2.80. The fourth-order valence-corrected chi connectivity index (χ4v) is 2.80. The molecule has 0 aromatic heterocycles. The molecule has 0 unspecified atom stereocenters. The van der Waals surface area contributed by atoms with Crippen LogP contribution in [0, 0.1) is 0 Å². The van der Waals surface area contributed by atoms with Gasteiger partial charge in [-0.25, -0.2) is 0 Å². The summed E-state index contributed by atoms with van der Waals surface area (Å²) in [5, 5.41) is 0. The van der Waals surface area contributed by atoms with E-state index in [0.29, 0.717) is 6.04 Å². The number of allylic oxidation sites excluding steroid dienone is 2. The van der Waals surface area contributed by atoms with Crippen molar-refractivity contribution in [1.82, 2.24) is 0 Å². The minimum absolute atomic E-state index is 0.535. The summed E-state index contributed by atoms with van der Waals surface area (Å²) in [4.78, 5) is 2.47. The van der Waals surface area contributed by atoms with Crippen molar-refractivity contribution in [1.29, 1.82) is 0 Å². The van der Waals surface area contributed by atoms with E-state index >= 15 is 0 Å². The molecule has 0 saturated heterocycles. The molecule has 0 aliphatic carbocycles. The Bertz CT molecular complexity index is 456. The lowest BCUT2D eigenvalue weighted by Gasteiger charge is -2.36. The van der Waals surface area contributed by atoms with Gasteiger partial charge in [0.25, 0.3) is 0 Å². The summed E-state index contributed by atoms with van der Waals surface area (Å²) in [6.45, 7) is 6.78. The number of anilines is 1. The van der Waals surface area contributed by atoms with Gasteiger partial charge in [-0.3, -0.25) is 0 Å². The predicted molar refractivity (Wildman–Crippen MR) is 84.4 cm³/mol. The smallest absolute Gasteiger partial charge is 0.0548 e. The van der Waals surface area contributed by atoms with Crippen molar-refractivity contribution in [2.45, 2.75) is 52.5 Å². The van der Waals surface area contributed by atoms with Crippen molar-refractivity contribution in [3.05, 3.63) is 53.8 Å². The SMILES string of the molecule is CCC[C@@H]1C(CC)=CC(CC)=CN1c1ccccc1. The number of hydrogen-bond acceptors (Lipinski definition) is 1. The lowest BCUT2D eigenvalue weighted by Crippen LogP contribution is -2.35. The van der Waals surface area contributed by atoms with Crippen molar-refractivity contribution in [3.8, 4) is 0 Å². The zero-order chi connectivity index (χ0) is 13.7. The topological polar surface area (TPSA) is 3.24 Å². The van der Waals surface area contributed by atoms with E-state index in [4.69, 9.17) is 0 Å². The number of benzene rings is 1. The van der Waals surface area contributed by atoms with Gasteiger partial charge in [0.15, 0.2) is 0 Å². The Labute approximate surface area is 117 Å². The second-order valence-electron chi connectivity index (χ2n) is 5.18. The largest absolute Gasteiger partial charge is 0.341 e. The van der Waals surface area contributed by atoms with Crippen LogP contribution in [0.5, 0.6) is 0 Å². The van der Waals surface area contributed by atoms with E-state index in [2.05, 4.69) is 68.3 Å². The molecule has 0 amide bonds. The van der Waals surface area contributed by atoms with Gasteiger partial charge in [-0.15, -0.1) is 0 Å². The molecular formula is C18H25N. The molecule has 1 aromatic rings. The van der Waals surface area contributed by atoms with Crippen LogP contribution < -0.4 is 4.90 Å². The molecule has 0 radical (unpaired) electrons. The van der Waals surface area contributed by atoms with Crippen molar-refractivity contribution < 1.29 is 0 Å². The molecule has 0 N–H and O–H groups in total. The van der Waals surface area contributed by atoms with Gasteiger partial charge < -0.3 is 4.90 Å². The third-order valence-corrected chi connectivity index (χ3v) is 3.87. The van der Waals surface area contributed by atoms with E-state index in [1.807, 2.05) is 0 Å². The zero-order valence-corrected chi connectivity index (χ0v) is 12.4. The quantitative estimate of drug-likeness (QED) is 0.689. The van der Waals surface area contributed by atoms with E-state index in [-0.39, 0.29) is 0 Å². The molecule has 1 aromatic carbocycles. The van der Waals surface area contributed by atoms with Gasteiger partial charge in [-0.05, 0) is 42.5 Å². The number of nitrogens with zero attached hydrogens (tertiary/aromatic N) is 1. The van der Waals surface area contributed by atoms with Gasteiger partial charge in [-0.1, -0.05) is 51.5 Å². The van der Waals surface area contributed by atoms with Gasteiger partial charge in [-0.2, -0.15) is 0 Å². The van der Waals surface area contributed by atoms with Crippen LogP contribution >= 0.6 is 0 Å². The summed E-state index contributed by atoms with van der Waals surface area (Å²) in [7, 11) is 0. The van der Waals surface area contributed by atoms with Crippen LogP contribution in [-0.2, 0) is 0 Å². The fraction of sp³-hybridized carbons (Fsp3) is 0.444. The summed E-state index contributed by atoms with van der Waals surface area (Å²) in [6, 6.07) is 11.3. The summed E-state index contributed by atoms with van der Waals surface area (Å²) in [5.41, 5.74) is 4.32. The summed E-state index contributed by atoms with van der Waals surface area (Å²) in [6.07, 6.45) is 9.45. The highest BCUT2D eigenvalue weighted by atomic mass is 15.2. The first kappa shape index (κ1) is 13.9. The van der Waals surface area contributed by atoms with Crippen LogP contribution in [-0.4, -0.2) is 6.04 Å². The number of rotatable bonds is 5. The van der Waals surface area contributed by atoms with Gasteiger partial charge in [0.1, 0.15) is 0 Å². The highest BCUT2D eigenvalue weighted by Gasteiger charge is 2.23. The van der Waals surface area contributed by atoms with Crippen molar-refractivity contribution in [2.75, 3.05) is 4.90 Å². The molecule has 0 bridgehead atoms. The Morgan fingerprint density at radius 2 is 1.74 bits per heavy atom. The highest BCUT2D eigenvalue weighted by molar-refractivity contribution is 5.56. The molecule has 1 aliphatic rings. The van der Waals surface area contributed by atoms with Gasteiger partial charge in [0.05, 0.1) is 6.04 Å². The molecule has 1 heteroatoms. The first-order valence-electron chi connectivity index (χ1n) is 7.54. The predicted octanol–water partition coefficient (Wildman–Crippen LogP) is 5.31. The molecule has 0 fully saturated rings. The zero-order valence-electron chi connectivity index (χ0n) is 12.4. The summed E-state index contributed by atoms with van der Waals surface area (Å²) in [5.74, 6) is 0. The van der Waals surface area contributed by atoms with Crippen molar-refractivity contribution >= 4 is 5.69 Å². The number of para-hydroxylation sites is 1. The first-order valence-corrected chi connectivity index (χ1v) is 7.54. The molecule has 102 valence electrons. The maximum atomic E-state index is 2.47. The van der Waals surface area contributed by atoms with Crippen molar-refractivity contribution in [2.24, 2.45) is 0 Å². The lowest BCUT2D eigenvalue weighted by molar-refractivity contribution is 0.626. The molecule has 19 heavy (non-hydrogen) atoms. The monoisotopic (exact) mass is 255 g/mol. The highest BCUT2D eigenvalue weighted by Crippen LogP contribution is 2.31. The van der Waals surface area contributed by atoms with Crippen LogP contribution in [0.15, 0.2) is 53.8 Å². The maximum absolute atomic E-state index is 2.47. The first-order chi connectivity index (χ1) is 9.30. The van der Waals surface area contributed by atoms with Crippen LogP contribution in [0.25, 0.3) is 0 Å². The van der Waals surface area contributed by atoms with Crippen LogP contribution in [0.4, 0.5) is 5.69 Å². The van der Waals surface area contributed by atoms with Gasteiger partial charge in [0, 0.05) is 11.9 Å². The van der Waals surface area contributed by atoms with Gasteiger partial charge in [0.2, 0.25) is 0 Å². The van der Waals surface area contributed by atoms with Crippen LogP contribution in [0.2, 0.25) is 0 Å². The van der Waals surface area contributed by atoms with E-state index < -0.39 is 0 Å². The van der Waals surface area contributed by atoms with Crippen LogP contribution in [0.1, 0.15) is 46.5 Å². The Kier molecular flexibility index (Phi) is 4.84. The van der Waals surface area contributed by atoms with E-state index in [9.17, 15) is 0 Å². The molecule has 0 saturated carbocycles. The molecule has 2 rings (SSSR count). The molecule has 1 aliphatic heterocycles. The third-order valence-electron chi connectivity index (χ3n) is 3.87. The Morgan fingerprint density at radius 1 is 1.00 bits per heavy atom. The summed E-state index contributed by atoms with van der Waals surface area (Å²) < 4.78 is 0. The van der Waals surface area contributed by atoms with E-state index in [1.54, 1.807) is 5.57 Å². The second kappa shape index (κ2) is 6.60. The summed E-state index contributed by atoms with van der Waals surface area (Å²) >= 11 is 0. The Morgan fingerprint density at radius 3 is 2.32 bits per heavy atom. The van der Waals surface area contributed by atoms with E-state index in [1.165, 1.54) is 24.1 Å². The van der Waals surface area contributed by atoms with Crippen LogP contribution in [0.3, 0.4) is 0 Å². The Balaban J connectivity index is 2.37. The van der Waals surface area contributed by atoms with Gasteiger partial charge >= 0.3 is 0 Å². The maximum Gasteiger partial charge on any atom is 0.0548 e. The molecule has 1 heterocycles. The van der Waals surface area contributed by atoms with Crippen molar-refractivity contribution in [3.63, 3.8) is 0 Å². The average Bonchev–Trinajstić information content (AvgIpc) is 2.48. The average molecular weight is 255 g/mol.